The molecular formula is C23H26O2. The Bertz CT molecular complexity index is 739. The van der Waals surface area contributed by atoms with E-state index in [0.29, 0.717) is 11.3 Å². The van der Waals surface area contributed by atoms with Gasteiger partial charge in [-0.05, 0) is 67.5 Å². The van der Waals surface area contributed by atoms with E-state index in [1.807, 2.05) is 55.5 Å². The smallest absolute Gasteiger partial charge is 0.343 e. The van der Waals surface area contributed by atoms with E-state index >= 15 is 0 Å². The van der Waals surface area contributed by atoms with Gasteiger partial charge in [-0.15, -0.1) is 0 Å². The second kappa shape index (κ2) is 8.15. The zero-order chi connectivity index (χ0) is 17.6. The largest absolute Gasteiger partial charge is 0.423 e. The molecule has 0 saturated carbocycles. The van der Waals surface area contributed by atoms with Crippen LogP contribution in [0.5, 0.6) is 5.75 Å². The topological polar surface area (TPSA) is 26.3 Å². The zero-order valence-electron chi connectivity index (χ0n) is 15.1. The Kier molecular flexibility index (Phi) is 5.70. The number of hydrogen-bond donors (Lipinski definition) is 0. The number of hydrogen-bond acceptors (Lipinski definition) is 2. The molecule has 130 valence electrons. The summed E-state index contributed by atoms with van der Waals surface area (Å²) < 4.78 is 5.43. The van der Waals surface area contributed by atoms with E-state index in [-0.39, 0.29) is 5.97 Å². The van der Waals surface area contributed by atoms with Crippen molar-refractivity contribution in [1.82, 2.24) is 0 Å². The van der Waals surface area contributed by atoms with E-state index in [2.05, 4.69) is 13.0 Å². The first-order valence-corrected chi connectivity index (χ1v) is 9.24. The summed E-state index contributed by atoms with van der Waals surface area (Å²) in [6, 6.07) is 15.3. The molecule has 25 heavy (non-hydrogen) atoms. The maximum Gasteiger partial charge on any atom is 0.343 e. The Morgan fingerprint density at radius 2 is 1.80 bits per heavy atom. The lowest BCUT2D eigenvalue weighted by molar-refractivity contribution is 0.0734. The molecule has 1 atom stereocenters. The summed E-state index contributed by atoms with van der Waals surface area (Å²) in [6.07, 6.45) is 8.57. The van der Waals surface area contributed by atoms with Gasteiger partial charge in [0.2, 0.25) is 0 Å². The molecule has 0 bridgehead atoms. The van der Waals surface area contributed by atoms with Gasteiger partial charge < -0.3 is 4.74 Å². The monoisotopic (exact) mass is 334 g/mol. The van der Waals surface area contributed by atoms with Gasteiger partial charge in [0.25, 0.3) is 0 Å². The van der Waals surface area contributed by atoms with Crippen LogP contribution < -0.4 is 4.74 Å². The molecule has 1 unspecified atom stereocenters. The van der Waals surface area contributed by atoms with Gasteiger partial charge in [-0.1, -0.05) is 55.7 Å². The van der Waals surface area contributed by atoms with Crippen LogP contribution in [-0.2, 0) is 0 Å². The first kappa shape index (κ1) is 17.5. The van der Waals surface area contributed by atoms with Crippen LogP contribution in [0.2, 0.25) is 0 Å². The third-order valence-corrected chi connectivity index (χ3v) is 4.94. The Labute approximate surface area is 150 Å². The summed E-state index contributed by atoms with van der Waals surface area (Å²) in [5.41, 5.74) is 4.36. The van der Waals surface area contributed by atoms with E-state index in [4.69, 9.17) is 4.74 Å². The molecule has 0 aliphatic heterocycles. The first-order chi connectivity index (χ1) is 12.2. The first-order valence-electron chi connectivity index (χ1n) is 9.24. The summed E-state index contributed by atoms with van der Waals surface area (Å²) in [6.45, 7) is 4.27. The van der Waals surface area contributed by atoms with Crippen LogP contribution in [0.3, 0.4) is 0 Å². The minimum atomic E-state index is -0.309. The third-order valence-electron chi connectivity index (χ3n) is 4.94. The standard InChI is InChI=1S/C23H26O2/c1-3-4-18-7-9-19(10-8-18)20-11-13-21(14-12-20)23(24)25-22-15-5-17(2)6-16-22/h5-6,9,11-16,18H,3-4,7-8,10H2,1-2H3. The van der Waals surface area contributed by atoms with Crippen molar-refractivity contribution in [3.8, 4) is 5.75 Å². The van der Waals surface area contributed by atoms with Gasteiger partial charge in [-0.2, -0.15) is 0 Å². The predicted octanol–water partition coefficient (Wildman–Crippen LogP) is 6.20. The number of esters is 1. The molecule has 0 fully saturated rings. The Balaban J connectivity index is 1.64. The van der Waals surface area contributed by atoms with Crippen molar-refractivity contribution >= 4 is 11.5 Å². The van der Waals surface area contributed by atoms with Gasteiger partial charge in [0, 0.05) is 0 Å². The Morgan fingerprint density at radius 3 is 2.40 bits per heavy atom. The highest BCUT2D eigenvalue weighted by molar-refractivity contribution is 5.91. The molecule has 2 aromatic rings. The van der Waals surface area contributed by atoms with Crippen LogP contribution in [0.25, 0.3) is 5.57 Å². The van der Waals surface area contributed by atoms with E-state index in [1.54, 1.807) is 0 Å². The van der Waals surface area contributed by atoms with Gasteiger partial charge in [0.1, 0.15) is 5.75 Å². The van der Waals surface area contributed by atoms with Crippen LogP contribution in [0.1, 0.15) is 60.5 Å². The molecule has 2 nitrogen and oxygen atoms in total. The molecule has 0 spiro atoms. The lowest BCUT2D eigenvalue weighted by atomic mass is 9.84. The van der Waals surface area contributed by atoms with Crippen LogP contribution in [0, 0.1) is 12.8 Å². The average molecular weight is 334 g/mol. The van der Waals surface area contributed by atoms with Crippen molar-refractivity contribution in [2.45, 2.75) is 46.0 Å². The third kappa shape index (κ3) is 4.60. The molecule has 1 aliphatic carbocycles. The highest BCUT2D eigenvalue weighted by Crippen LogP contribution is 2.32. The molecular weight excluding hydrogens is 308 g/mol. The minimum absolute atomic E-state index is 0.309. The van der Waals surface area contributed by atoms with Crippen molar-refractivity contribution in [3.63, 3.8) is 0 Å². The molecule has 0 N–H and O–H groups in total. The van der Waals surface area contributed by atoms with Gasteiger partial charge in [0.15, 0.2) is 0 Å². The van der Waals surface area contributed by atoms with E-state index in [1.165, 1.54) is 36.8 Å². The fraction of sp³-hybridized carbons (Fsp3) is 0.348. The normalized spacial score (nSPS) is 17.0. The Hall–Kier alpha value is -2.35. The van der Waals surface area contributed by atoms with Gasteiger partial charge in [0.05, 0.1) is 5.56 Å². The summed E-state index contributed by atoms with van der Waals surface area (Å²) in [5.74, 6) is 1.12. The molecule has 0 saturated heterocycles. The van der Waals surface area contributed by atoms with Crippen molar-refractivity contribution < 1.29 is 9.53 Å². The van der Waals surface area contributed by atoms with E-state index in [0.717, 1.165) is 17.9 Å². The van der Waals surface area contributed by atoms with Crippen molar-refractivity contribution in [2.24, 2.45) is 5.92 Å². The number of rotatable bonds is 5. The molecule has 0 amide bonds. The SMILES string of the molecule is CCCC1CC=C(c2ccc(C(=O)Oc3ccc(C)cc3)cc2)CC1. The molecule has 1 aliphatic rings. The van der Waals surface area contributed by atoms with Crippen LogP contribution in [-0.4, -0.2) is 5.97 Å². The molecule has 2 heteroatoms. The number of ether oxygens (including phenoxy) is 1. The maximum absolute atomic E-state index is 12.3. The van der Waals surface area contributed by atoms with Gasteiger partial charge >= 0.3 is 5.97 Å². The van der Waals surface area contributed by atoms with E-state index in [9.17, 15) is 4.79 Å². The van der Waals surface area contributed by atoms with Crippen molar-refractivity contribution in [3.05, 3.63) is 71.3 Å². The summed E-state index contributed by atoms with van der Waals surface area (Å²) in [5, 5.41) is 0. The summed E-state index contributed by atoms with van der Waals surface area (Å²) >= 11 is 0. The zero-order valence-corrected chi connectivity index (χ0v) is 15.1. The second-order valence-electron chi connectivity index (χ2n) is 6.94. The number of benzene rings is 2. The minimum Gasteiger partial charge on any atom is -0.423 e. The molecule has 0 aromatic heterocycles. The van der Waals surface area contributed by atoms with Crippen LogP contribution in [0.4, 0.5) is 0 Å². The second-order valence-corrected chi connectivity index (χ2v) is 6.94. The average Bonchev–Trinajstić information content (AvgIpc) is 2.65. The maximum atomic E-state index is 12.3. The van der Waals surface area contributed by atoms with Crippen LogP contribution in [0.15, 0.2) is 54.6 Å². The lowest BCUT2D eigenvalue weighted by Gasteiger charge is -2.21. The number of allylic oxidation sites excluding steroid dienone is 2. The van der Waals surface area contributed by atoms with Gasteiger partial charge in [-0.3, -0.25) is 0 Å². The molecule has 2 aromatic carbocycles. The lowest BCUT2D eigenvalue weighted by Crippen LogP contribution is -2.09. The van der Waals surface area contributed by atoms with Crippen LogP contribution >= 0.6 is 0 Å². The van der Waals surface area contributed by atoms with Crippen molar-refractivity contribution in [2.75, 3.05) is 0 Å². The fourth-order valence-corrected chi connectivity index (χ4v) is 3.41. The molecule has 0 heterocycles. The predicted molar refractivity (Wildman–Crippen MR) is 103 cm³/mol. The fourth-order valence-electron chi connectivity index (χ4n) is 3.41. The molecule has 3 rings (SSSR count). The quantitative estimate of drug-likeness (QED) is 0.481. The number of aryl methyl sites for hydroxylation is 1. The van der Waals surface area contributed by atoms with Gasteiger partial charge in [-0.25, -0.2) is 4.79 Å². The summed E-state index contributed by atoms with van der Waals surface area (Å²) in [7, 11) is 0. The van der Waals surface area contributed by atoms with E-state index < -0.39 is 0 Å². The van der Waals surface area contributed by atoms with Crippen molar-refractivity contribution in [1.29, 1.82) is 0 Å². The molecule has 0 radical (unpaired) electrons. The number of carbonyl (C=O) groups excluding carboxylic acids is 1. The Morgan fingerprint density at radius 1 is 1.08 bits per heavy atom. The highest BCUT2D eigenvalue weighted by Gasteiger charge is 2.15. The highest BCUT2D eigenvalue weighted by atomic mass is 16.5. The summed E-state index contributed by atoms with van der Waals surface area (Å²) in [4.78, 5) is 12.3. The number of carbonyl (C=O) groups is 1.